The van der Waals surface area contributed by atoms with E-state index in [0.29, 0.717) is 21.3 Å². The number of benzene rings is 1. The number of hydrogen-bond acceptors (Lipinski definition) is 6. The van der Waals surface area contributed by atoms with Crippen LogP contribution in [0.1, 0.15) is 5.56 Å². The molecule has 0 amide bonds. The van der Waals surface area contributed by atoms with Gasteiger partial charge in [-0.2, -0.15) is 0 Å². The van der Waals surface area contributed by atoms with E-state index < -0.39 is 4.92 Å². The van der Waals surface area contributed by atoms with E-state index in [0.717, 1.165) is 5.56 Å². The van der Waals surface area contributed by atoms with Crippen molar-refractivity contribution in [3.63, 3.8) is 0 Å². The van der Waals surface area contributed by atoms with E-state index in [1.54, 1.807) is 17.7 Å². The maximum atomic E-state index is 10.6. The highest BCUT2D eigenvalue weighted by Crippen LogP contribution is 2.28. The summed E-state index contributed by atoms with van der Waals surface area (Å²) in [7, 11) is 1.78. The van der Waals surface area contributed by atoms with Crippen LogP contribution in [-0.2, 0) is 12.8 Å². The van der Waals surface area contributed by atoms with Crippen LogP contribution >= 0.6 is 27.7 Å². The van der Waals surface area contributed by atoms with E-state index >= 15 is 0 Å². The van der Waals surface area contributed by atoms with Crippen molar-refractivity contribution in [3.05, 3.63) is 38.3 Å². The second-order valence-corrected chi connectivity index (χ2v) is 5.52. The number of rotatable bonds is 4. The highest BCUT2D eigenvalue weighted by molar-refractivity contribution is 9.10. The van der Waals surface area contributed by atoms with E-state index in [9.17, 15) is 10.1 Å². The van der Waals surface area contributed by atoms with Crippen molar-refractivity contribution in [2.24, 2.45) is 7.05 Å². The van der Waals surface area contributed by atoms with Gasteiger partial charge in [0.25, 0.3) is 5.69 Å². The van der Waals surface area contributed by atoms with Gasteiger partial charge in [-0.05, 0) is 5.56 Å². The van der Waals surface area contributed by atoms with Gasteiger partial charge >= 0.3 is 0 Å². The van der Waals surface area contributed by atoms with E-state index in [-0.39, 0.29) is 5.69 Å². The van der Waals surface area contributed by atoms with Crippen LogP contribution in [0.3, 0.4) is 0 Å². The van der Waals surface area contributed by atoms with Crippen LogP contribution in [0.2, 0.25) is 0 Å². The van der Waals surface area contributed by atoms with Crippen molar-refractivity contribution in [1.29, 1.82) is 0 Å². The SMILES string of the molecule is Cn1c(N)nnc1SCc1ccc([N+](=O)[O-])cc1Br. The molecule has 1 aromatic carbocycles. The van der Waals surface area contributed by atoms with Gasteiger partial charge < -0.3 is 5.73 Å². The number of nitrogen functional groups attached to an aromatic ring is 1. The molecule has 9 heteroatoms. The summed E-state index contributed by atoms with van der Waals surface area (Å²) in [4.78, 5) is 10.2. The Morgan fingerprint density at radius 1 is 1.53 bits per heavy atom. The van der Waals surface area contributed by atoms with Gasteiger partial charge in [0.15, 0.2) is 5.16 Å². The largest absolute Gasteiger partial charge is 0.368 e. The Morgan fingerprint density at radius 3 is 2.79 bits per heavy atom. The zero-order valence-electron chi connectivity index (χ0n) is 9.91. The Labute approximate surface area is 121 Å². The van der Waals surface area contributed by atoms with Gasteiger partial charge in [0, 0.05) is 29.4 Å². The lowest BCUT2D eigenvalue weighted by Gasteiger charge is -2.04. The Kier molecular flexibility index (Phi) is 4.05. The molecule has 7 nitrogen and oxygen atoms in total. The number of nitrogens with two attached hydrogens (primary N) is 1. The maximum absolute atomic E-state index is 10.6. The van der Waals surface area contributed by atoms with Crippen LogP contribution < -0.4 is 5.73 Å². The van der Waals surface area contributed by atoms with Gasteiger partial charge in [0.05, 0.1) is 4.92 Å². The summed E-state index contributed by atoms with van der Waals surface area (Å²) in [5, 5.41) is 19.0. The number of non-ortho nitro benzene ring substituents is 1. The number of nitro groups is 1. The molecule has 1 heterocycles. The number of hydrogen-bond donors (Lipinski definition) is 1. The van der Waals surface area contributed by atoms with E-state index in [4.69, 9.17) is 5.73 Å². The number of nitro benzene ring substituents is 1. The molecule has 0 atom stereocenters. The Balaban J connectivity index is 2.12. The van der Waals surface area contributed by atoms with Crippen LogP contribution in [0.4, 0.5) is 11.6 Å². The van der Waals surface area contributed by atoms with Crippen LogP contribution in [0.25, 0.3) is 0 Å². The summed E-state index contributed by atoms with van der Waals surface area (Å²) in [6, 6.07) is 4.68. The maximum Gasteiger partial charge on any atom is 0.270 e. The van der Waals surface area contributed by atoms with Crippen molar-refractivity contribution < 1.29 is 4.92 Å². The normalized spacial score (nSPS) is 10.6. The van der Waals surface area contributed by atoms with Crippen molar-refractivity contribution in [2.75, 3.05) is 5.73 Å². The van der Waals surface area contributed by atoms with Crippen molar-refractivity contribution in [3.8, 4) is 0 Å². The molecule has 0 saturated heterocycles. The first-order valence-corrected chi connectivity index (χ1v) is 6.97. The van der Waals surface area contributed by atoms with Crippen LogP contribution in [0, 0.1) is 10.1 Å². The minimum atomic E-state index is -0.426. The first-order valence-electron chi connectivity index (χ1n) is 5.19. The molecule has 0 spiro atoms. The number of nitrogens with zero attached hydrogens (tertiary/aromatic N) is 4. The fourth-order valence-electron chi connectivity index (χ4n) is 1.36. The van der Waals surface area contributed by atoms with Crippen molar-refractivity contribution in [2.45, 2.75) is 10.9 Å². The van der Waals surface area contributed by atoms with Crippen molar-refractivity contribution in [1.82, 2.24) is 14.8 Å². The highest BCUT2D eigenvalue weighted by Gasteiger charge is 2.11. The molecule has 0 aliphatic heterocycles. The molecule has 0 fully saturated rings. The van der Waals surface area contributed by atoms with Crippen molar-refractivity contribution >= 4 is 39.3 Å². The minimum absolute atomic E-state index is 0.0588. The van der Waals surface area contributed by atoms with Crippen LogP contribution in [0.15, 0.2) is 27.8 Å². The first kappa shape index (κ1) is 13.8. The Bertz CT molecular complexity index is 630. The minimum Gasteiger partial charge on any atom is -0.368 e. The van der Waals surface area contributed by atoms with Gasteiger partial charge in [-0.1, -0.05) is 33.8 Å². The predicted octanol–water partition coefficient (Wildman–Crippen LogP) is 2.36. The number of anilines is 1. The third-order valence-electron chi connectivity index (χ3n) is 2.47. The van der Waals surface area contributed by atoms with Crippen LogP contribution in [-0.4, -0.2) is 19.7 Å². The lowest BCUT2D eigenvalue weighted by atomic mass is 10.2. The molecule has 2 rings (SSSR count). The van der Waals surface area contributed by atoms with Gasteiger partial charge in [-0.3, -0.25) is 14.7 Å². The molecular formula is C10H10BrN5O2S. The van der Waals surface area contributed by atoms with Crippen LogP contribution in [0.5, 0.6) is 0 Å². The van der Waals surface area contributed by atoms with E-state index in [2.05, 4.69) is 26.1 Å². The molecule has 0 bridgehead atoms. The number of thioether (sulfide) groups is 1. The number of aromatic nitrogens is 3. The molecule has 19 heavy (non-hydrogen) atoms. The molecule has 100 valence electrons. The summed E-state index contributed by atoms with van der Waals surface area (Å²) < 4.78 is 2.38. The summed E-state index contributed by atoms with van der Waals surface area (Å²) >= 11 is 4.79. The predicted molar refractivity (Wildman–Crippen MR) is 75.8 cm³/mol. The smallest absolute Gasteiger partial charge is 0.270 e. The highest BCUT2D eigenvalue weighted by atomic mass is 79.9. The fourth-order valence-corrected chi connectivity index (χ4v) is 2.98. The quantitative estimate of drug-likeness (QED) is 0.519. The molecule has 2 aromatic rings. The molecular weight excluding hydrogens is 334 g/mol. The molecule has 1 aromatic heterocycles. The standard InChI is InChI=1S/C10H10BrN5O2S/c1-15-9(12)13-14-10(15)19-5-6-2-3-7(16(17)18)4-8(6)11/h2-4H,5H2,1H3,(H2,12,13). The lowest BCUT2D eigenvalue weighted by molar-refractivity contribution is -0.384. The number of halogens is 1. The van der Waals surface area contributed by atoms with Gasteiger partial charge in [-0.25, -0.2) is 0 Å². The zero-order valence-corrected chi connectivity index (χ0v) is 12.3. The fraction of sp³-hybridized carbons (Fsp3) is 0.200. The van der Waals surface area contributed by atoms with Gasteiger partial charge in [-0.15, -0.1) is 10.2 Å². The van der Waals surface area contributed by atoms with E-state index in [1.807, 2.05) is 0 Å². The monoisotopic (exact) mass is 343 g/mol. The molecule has 0 unspecified atom stereocenters. The van der Waals surface area contributed by atoms with Gasteiger partial charge in [0.2, 0.25) is 5.95 Å². The van der Waals surface area contributed by atoms with Gasteiger partial charge in [0.1, 0.15) is 0 Å². The lowest BCUT2D eigenvalue weighted by Crippen LogP contribution is -1.98. The Hall–Kier alpha value is -1.61. The second-order valence-electron chi connectivity index (χ2n) is 3.72. The summed E-state index contributed by atoms with van der Waals surface area (Å²) in [6.45, 7) is 0. The average Bonchev–Trinajstić information content (AvgIpc) is 2.68. The molecule has 2 N–H and O–H groups in total. The molecule has 0 aliphatic carbocycles. The molecule has 0 radical (unpaired) electrons. The molecule has 0 saturated carbocycles. The second kappa shape index (κ2) is 5.57. The Morgan fingerprint density at radius 2 is 2.26 bits per heavy atom. The summed E-state index contributed by atoms with van der Waals surface area (Å²) in [5.74, 6) is 0.968. The summed E-state index contributed by atoms with van der Waals surface area (Å²) in [5.41, 5.74) is 6.59. The van der Waals surface area contributed by atoms with E-state index in [1.165, 1.54) is 23.9 Å². The topological polar surface area (TPSA) is 99.9 Å². The third kappa shape index (κ3) is 3.04. The summed E-state index contributed by atoms with van der Waals surface area (Å²) in [6.07, 6.45) is 0. The third-order valence-corrected chi connectivity index (χ3v) is 4.28. The molecule has 0 aliphatic rings. The zero-order chi connectivity index (χ0) is 14.0. The average molecular weight is 344 g/mol. The first-order chi connectivity index (χ1) is 8.99.